The quantitative estimate of drug-likeness (QED) is 0.0204. The molecule has 0 aliphatic heterocycles. The first-order valence-corrected chi connectivity index (χ1v) is 22.5. The van der Waals surface area contributed by atoms with Crippen molar-refractivity contribution in [2.45, 2.75) is 181 Å². The Hall–Kier alpha value is -3.93. The molecule has 0 saturated carbocycles. The molecule has 0 aromatic rings. The first kappa shape index (κ1) is 53.1. The zero-order chi connectivity index (χ0) is 41.5. The monoisotopic (exact) mass is 789 g/mol. The average Bonchev–Trinajstić information content (AvgIpc) is 3.21. The molecule has 0 heterocycles. The van der Waals surface area contributed by atoms with Crippen LogP contribution in [0.5, 0.6) is 0 Å². The van der Waals surface area contributed by atoms with Crippen molar-refractivity contribution in [2.75, 3.05) is 13.2 Å². The van der Waals surface area contributed by atoms with Crippen LogP contribution in [-0.2, 0) is 28.6 Å². The highest BCUT2D eigenvalue weighted by molar-refractivity contribution is 5.71. The molecule has 0 aromatic heterocycles. The van der Waals surface area contributed by atoms with Crippen LogP contribution in [0.1, 0.15) is 175 Å². The van der Waals surface area contributed by atoms with E-state index in [0.717, 1.165) is 77.0 Å². The molecule has 57 heavy (non-hydrogen) atoms. The van der Waals surface area contributed by atoms with E-state index in [1.807, 2.05) is 54.7 Å². The smallest absolute Gasteiger partial charge is 0.306 e. The molecule has 0 N–H and O–H groups in total. The van der Waals surface area contributed by atoms with E-state index < -0.39 is 12.1 Å². The van der Waals surface area contributed by atoms with Crippen LogP contribution in [0, 0.1) is 0 Å². The van der Waals surface area contributed by atoms with Crippen LogP contribution < -0.4 is 0 Å². The Kier molecular flexibility index (Phi) is 41.7. The number of carbonyl (C=O) groups excluding carboxylic acids is 3. The van der Waals surface area contributed by atoms with Crippen molar-refractivity contribution in [3.05, 3.63) is 109 Å². The fraction of sp³-hybridized carbons (Fsp3) is 0.588. The first-order valence-electron chi connectivity index (χ1n) is 22.5. The SMILES string of the molecule is CC\C=C/C=C\C=C/C=C\C=C/CCCC(=O)OC(COC(=O)CCCC/C=C\C/C=C\CC)COC(=O)CCCCCCCCC/C=C\C/C=C\CCCCC. The molecule has 0 radical (unpaired) electrons. The number of hydrogen-bond donors (Lipinski definition) is 0. The lowest BCUT2D eigenvalue weighted by atomic mass is 10.1. The molecule has 0 saturated heterocycles. The van der Waals surface area contributed by atoms with Crippen LogP contribution in [0.2, 0.25) is 0 Å². The molecule has 0 bridgehead atoms. The van der Waals surface area contributed by atoms with Crippen molar-refractivity contribution in [2.24, 2.45) is 0 Å². The molecule has 0 aliphatic rings. The van der Waals surface area contributed by atoms with E-state index in [9.17, 15) is 14.4 Å². The van der Waals surface area contributed by atoms with E-state index >= 15 is 0 Å². The summed E-state index contributed by atoms with van der Waals surface area (Å²) in [5.74, 6) is -1.06. The second kappa shape index (κ2) is 44.8. The lowest BCUT2D eigenvalue weighted by Crippen LogP contribution is -2.30. The summed E-state index contributed by atoms with van der Waals surface area (Å²) in [4.78, 5) is 37.6. The number of carbonyl (C=O) groups is 3. The summed E-state index contributed by atoms with van der Waals surface area (Å²) in [6.07, 6.45) is 59.5. The maximum absolute atomic E-state index is 12.7. The molecule has 0 amide bonds. The van der Waals surface area contributed by atoms with Crippen molar-refractivity contribution in [3.63, 3.8) is 0 Å². The minimum Gasteiger partial charge on any atom is -0.462 e. The number of unbranched alkanes of at least 4 members (excludes halogenated alkanes) is 13. The summed E-state index contributed by atoms with van der Waals surface area (Å²) in [5.41, 5.74) is 0. The summed E-state index contributed by atoms with van der Waals surface area (Å²) < 4.78 is 16.6. The van der Waals surface area contributed by atoms with Gasteiger partial charge in [0.25, 0.3) is 0 Å². The van der Waals surface area contributed by atoms with Crippen molar-refractivity contribution in [3.8, 4) is 0 Å². The third-order valence-electron chi connectivity index (χ3n) is 8.87. The minimum atomic E-state index is -0.830. The van der Waals surface area contributed by atoms with Gasteiger partial charge >= 0.3 is 17.9 Å². The van der Waals surface area contributed by atoms with Crippen molar-refractivity contribution in [1.29, 1.82) is 0 Å². The predicted octanol–water partition coefficient (Wildman–Crippen LogP) is 14.4. The van der Waals surface area contributed by atoms with Gasteiger partial charge < -0.3 is 14.2 Å². The van der Waals surface area contributed by atoms with Gasteiger partial charge in [-0.15, -0.1) is 0 Å². The van der Waals surface area contributed by atoms with E-state index in [2.05, 4.69) is 75.5 Å². The Morgan fingerprint density at radius 2 is 0.789 bits per heavy atom. The molecule has 0 fully saturated rings. The van der Waals surface area contributed by atoms with E-state index in [0.29, 0.717) is 19.3 Å². The standard InChI is InChI=1S/C51H80O6/c1-4-7-10-13-16-19-21-23-24-25-26-28-29-32-35-38-41-44-50(53)56-47-48(46-55-49(52)43-40-37-34-31-18-15-12-9-6-3)57-51(54)45-42-39-36-33-30-27-22-20-17-14-11-8-5-2/h8-9,11-12,14,16-20,22-24,27,30-31,33,36,48H,4-7,10,13,15,21,25-26,28-29,32,34-35,37-47H2,1-3H3/b11-8-,12-9-,17-14-,19-16-,22-20-,24-23-,30-27-,31-18-,36-33-. The Labute approximate surface area is 349 Å². The molecule has 0 aromatic carbocycles. The zero-order valence-corrected chi connectivity index (χ0v) is 36.3. The minimum absolute atomic E-state index is 0.124. The molecule has 0 spiro atoms. The predicted molar refractivity (Wildman–Crippen MR) is 242 cm³/mol. The van der Waals surface area contributed by atoms with E-state index in [1.54, 1.807) is 0 Å². The van der Waals surface area contributed by atoms with E-state index in [4.69, 9.17) is 14.2 Å². The van der Waals surface area contributed by atoms with Crippen LogP contribution in [0.25, 0.3) is 0 Å². The number of allylic oxidation sites excluding steroid dienone is 18. The summed E-state index contributed by atoms with van der Waals surface area (Å²) >= 11 is 0. The van der Waals surface area contributed by atoms with E-state index in [-0.39, 0.29) is 31.6 Å². The molecule has 6 nitrogen and oxygen atoms in total. The van der Waals surface area contributed by atoms with Gasteiger partial charge in [-0.3, -0.25) is 14.4 Å². The van der Waals surface area contributed by atoms with Gasteiger partial charge in [0.15, 0.2) is 6.10 Å². The van der Waals surface area contributed by atoms with E-state index in [1.165, 1.54) is 51.4 Å². The lowest BCUT2D eigenvalue weighted by Gasteiger charge is -2.18. The van der Waals surface area contributed by atoms with Gasteiger partial charge in [-0.25, -0.2) is 0 Å². The molecule has 0 rings (SSSR count). The Balaban J connectivity index is 4.50. The van der Waals surface area contributed by atoms with Crippen LogP contribution >= 0.6 is 0 Å². The highest BCUT2D eigenvalue weighted by atomic mass is 16.6. The molecular formula is C51H80O6. The molecule has 320 valence electrons. The summed E-state index contributed by atoms with van der Waals surface area (Å²) in [5, 5.41) is 0. The van der Waals surface area contributed by atoms with Gasteiger partial charge in [0.2, 0.25) is 0 Å². The number of rotatable bonds is 38. The fourth-order valence-electron chi connectivity index (χ4n) is 5.54. The zero-order valence-electron chi connectivity index (χ0n) is 36.3. The third kappa shape index (κ3) is 43.0. The van der Waals surface area contributed by atoms with Gasteiger partial charge in [0, 0.05) is 19.3 Å². The Bertz CT molecular complexity index is 1230. The van der Waals surface area contributed by atoms with Gasteiger partial charge in [0.05, 0.1) is 0 Å². The van der Waals surface area contributed by atoms with Crippen molar-refractivity contribution < 1.29 is 28.6 Å². The molecule has 1 unspecified atom stereocenters. The third-order valence-corrected chi connectivity index (χ3v) is 8.87. The largest absolute Gasteiger partial charge is 0.462 e. The summed E-state index contributed by atoms with van der Waals surface area (Å²) in [6.45, 7) is 6.21. The van der Waals surface area contributed by atoms with Crippen LogP contribution in [-0.4, -0.2) is 37.2 Å². The van der Waals surface area contributed by atoms with Crippen molar-refractivity contribution in [1.82, 2.24) is 0 Å². The lowest BCUT2D eigenvalue weighted by molar-refractivity contribution is -0.167. The maximum atomic E-state index is 12.7. The van der Waals surface area contributed by atoms with Crippen LogP contribution in [0.4, 0.5) is 0 Å². The maximum Gasteiger partial charge on any atom is 0.306 e. The average molecular weight is 789 g/mol. The van der Waals surface area contributed by atoms with Crippen LogP contribution in [0.15, 0.2) is 109 Å². The topological polar surface area (TPSA) is 78.9 Å². The molecular weight excluding hydrogens is 709 g/mol. The Morgan fingerprint density at radius 3 is 1.33 bits per heavy atom. The number of esters is 3. The first-order chi connectivity index (χ1) is 28.0. The molecule has 6 heteroatoms. The second-order valence-corrected chi connectivity index (χ2v) is 14.3. The molecule has 0 aliphatic carbocycles. The number of ether oxygens (including phenoxy) is 3. The van der Waals surface area contributed by atoms with Gasteiger partial charge in [-0.2, -0.15) is 0 Å². The van der Waals surface area contributed by atoms with Gasteiger partial charge in [-0.1, -0.05) is 175 Å². The van der Waals surface area contributed by atoms with Crippen molar-refractivity contribution >= 4 is 17.9 Å². The fourth-order valence-corrected chi connectivity index (χ4v) is 5.54. The Morgan fingerprint density at radius 1 is 0.386 bits per heavy atom. The summed E-state index contributed by atoms with van der Waals surface area (Å²) in [7, 11) is 0. The normalized spacial score (nSPS) is 13.1. The summed E-state index contributed by atoms with van der Waals surface area (Å²) in [6, 6.07) is 0. The second-order valence-electron chi connectivity index (χ2n) is 14.3. The molecule has 1 atom stereocenters. The highest BCUT2D eigenvalue weighted by Gasteiger charge is 2.19. The van der Waals surface area contributed by atoms with Gasteiger partial charge in [0.1, 0.15) is 13.2 Å². The van der Waals surface area contributed by atoms with Crippen LogP contribution in [0.3, 0.4) is 0 Å². The van der Waals surface area contributed by atoms with Gasteiger partial charge in [-0.05, 0) is 89.9 Å². The number of hydrogen-bond acceptors (Lipinski definition) is 6. The highest BCUT2D eigenvalue weighted by Crippen LogP contribution is 2.12.